The van der Waals surface area contributed by atoms with Crippen LogP contribution in [0.3, 0.4) is 0 Å². The molecule has 1 saturated heterocycles. The third-order valence-electron chi connectivity index (χ3n) is 3.89. The van der Waals surface area contributed by atoms with Gasteiger partial charge >= 0.3 is 0 Å². The van der Waals surface area contributed by atoms with E-state index in [1.165, 1.54) is 11.8 Å². The molecule has 1 amide bonds. The van der Waals surface area contributed by atoms with Gasteiger partial charge in [-0.2, -0.15) is 0 Å². The van der Waals surface area contributed by atoms with Gasteiger partial charge in [0, 0.05) is 6.08 Å². The average Bonchev–Trinajstić information content (AvgIpc) is 3.25. The number of thioether (sulfide) groups is 1. The fourth-order valence-corrected chi connectivity index (χ4v) is 4.28. The molecule has 0 aliphatic carbocycles. The highest BCUT2D eigenvalue weighted by Crippen LogP contribution is 2.37. The number of furan rings is 1. The minimum absolute atomic E-state index is 0.275. The van der Waals surface area contributed by atoms with Crippen molar-refractivity contribution in [2.24, 2.45) is 4.99 Å². The van der Waals surface area contributed by atoms with Crippen molar-refractivity contribution in [2.45, 2.75) is 0 Å². The van der Waals surface area contributed by atoms with Crippen molar-refractivity contribution in [3.8, 4) is 11.3 Å². The molecule has 0 spiro atoms. The number of benzene rings is 2. The van der Waals surface area contributed by atoms with Gasteiger partial charge in [0.2, 0.25) is 0 Å². The Kier molecular flexibility index (Phi) is 5.95. The van der Waals surface area contributed by atoms with Crippen molar-refractivity contribution in [3.05, 3.63) is 79.3 Å². The van der Waals surface area contributed by atoms with Crippen LogP contribution in [0.15, 0.2) is 62.8 Å². The molecule has 1 aliphatic rings. The summed E-state index contributed by atoms with van der Waals surface area (Å²) in [6.45, 7) is 0. The molecule has 1 N–H and O–H groups in total. The molecule has 2 heterocycles. The number of nitrogens with zero attached hydrogens (tertiary/aromatic N) is 1. The zero-order chi connectivity index (χ0) is 20.5. The molecule has 3 aromatic rings. The summed E-state index contributed by atoms with van der Waals surface area (Å²) in [7, 11) is 0. The standard InChI is InChI=1S/C20H10Cl4N2O2S/c21-12-6-4-10(8-15(12)24)25-20-26-19(27)17(29-20)9-11-5-7-16(28-11)18-13(22)2-1-3-14(18)23/h1-9H,(H,25,26,27). The molecule has 1 fully saturated rings. The minimum Gasteiger partial charge on any atom is -0.457 e. The molecule has 1 aliphatic heterocycles. The quantitative estimate of drug-likeness (QED) is 0.393. The van der Waals surface area contributed by atoms with E-state index in [0.29, 0.717) is 52.9 Å². The van der Waals surface area contributed by atoms with Gasteiger partial charge in [-0.1, -0.05) is 52.5 Å². The molecule has 29 heavy (non-hydrogen) atoms. The van der Waals surface area contributed by atoms with Gasteiger partial charge in [-0.25, -0.2) is 4.99 Å². The highest BCUT2D eigenvalue weighted by Gasteiger charge is 2.24. The van der Waals surface area contributed by atoms with Gasteiger partial charge in [-0.05, 0) is 54.2 Å². The van der Waals surface area contributed by atoms with E-state index >= 15 is 0 Å². The first-order chi connectivity index (χ1) is 13.9. The third-order valence-corrected chi connectivity index (χ3v) is 6.17. The molecule has 0 bridgehead atoms. The minimum atomic E-state index is -0.275. The van der Waals surface area contributed by atoms with Crippen LogP contribution in [0, 0.1) is 0 Å². The van der Waals surface area contributed by atoms with E-state index < -0.39 is 0 Å². The SMILES string of the molecule is O=C1NC(=Nc2ccc(Cl)c(Cl)c2)SC1=Cc1ccc(-c2c(Cl)cccc2Cl)o1. The Morgan fingerprint density at radius 3 is 2.41 bits per heavy atom. The largest absolute Gasteiger partial charge is 0.457 e. The first kappa shape index (κ1) is 20.4. The number of nitrogens with one attached hydrogen (secondary N) is 1. The fraction of sp³-hybridized carbons (Fsp3) is 0. The monoisotopic (exact) mass is 482 g/mol. The maximum absolute atomic E-state index is 12.3. The third kappa shape index (κ3) is 4.49. The van der Waals surface area contributed by atoms with Crippen LogP contribution in [0.25, 0.3) is 17.4 Å². The maximum Gasteiger partial charge on any atom is 0.264 e. The second kappa shape index (κ2) is 8.46. The molecule has 4 nitrogen and oxygen atoms in total. The van der Waals surface area contributed by atoms with E-state index in [2.05, 4.69) is 10.3 Å². The van der Waals surface area contributed by atoms with Gasteiger partial charge in [0.15, 0.2) is 5.17 Å². The zero-order valence-corrected chi connectivity index (χ0v) is 18.2. The number of halogens is 4. The van der Waals surface area contributed by atoms with Crippen LogP contribution in [0.1, 0.15) is 5.76 Å². The summed E-state index contributed by atoms with van der Waals surface area (Å²) in [5, 5.41) is 4.93. The van der Waals surface area contributed by atoms with Crippen LogP contribution >= 0.6 is 58.2 Å². The number of amidine groups is 1. The van der Waals surface area contributed by atoms with Crippen molar-refractivity contribution in [1.29, 1.82) is 0 Å². The Morgan fingerprint density at radius 2 is 1.69 bits per heavy atom. The summed E-state index contributed by atoms with van der Waals surface area (Å²) in [6.07, 6.45) is 1.63. The smallest absolute Gasteiger partial charge is 0.264 e. The summed E-state index contributed by atoms with van der Waals surface area (Å²) in [5.41, 5.74) is 1.18. The molecule has 9 heteroatoms. The summed E-state index contributed by atoms with van der Waals surface area (Å²) in [5.74, 6) is 0.729. The lowest BCUT2D eigenvalue weighted by Crippen LogP contribution is -2.19. The molecule has 0 atom stereocenters. The van der Waals surface area contributed by atoms with Crippen LogP contribution < -0.4 is 5.32 Å². The topological polar surface area (TPSA) is 54.6 Å². The van der Waals surface area contributed by atoms with Crippen molar-refractivity contribution < 1.29 is 9.21 Å². The Labute approximate surface area is 190 Å². The lowest BCUT2D eigenvalue weighted by atomic mass is 10.2. The molecule has 146 valence electrons. The van der Waals surface area contributed by atoms with Crippen molar-refractivity contribution in [3.63, 3.8) is 0 Å². The second-order valence-corrected chi connectivity index (χ2v) is 8.54. The molecular weight excluding hydrogens is 474 g/mol. The number of amides is 1. The first-order valence-corrected chi connectivity index (χ1v) is 10.5. The molecular formula is C20H10Cl4N2O2S. The van der Waals surface area contributed by atoms with E-state index in [0.717, 1.165) is 0 Å². The van der Waals surface area contributed by atoms with E-state index in [1.807, 2.05) is 0 Å². The Hall–Kier alpha value is -1.89. The maximum atomic E-state index is 12.3. The van der Waals surface area contributed by atoms with Crippen molar-refractivity contribution in [1.82, 2.24) is 5.32 Å². The van der Waals surface area contributed by atoms with E-state index in [-0.39, 0.29) is 5.91 Å². The average molecular weight is 484 g/mol. The van der Waals surface area contributed by atoms with Crippen LogP contribution in [0.4, 0.5) is 5.69 Å². The van der Waals surface area contributed by atoms with Gasteiger partial charge in [0.1, 0.15) is 11.5 Å². The normalized spacial score (nSPS) is 16.6. The van der Waals surface area contributed by atoms with Crippen LogP contribution in [0.5, 0.6) is 0 Å². The fourth-order valence-electron chi connectivity index (χ4n) is 2.58. The lowest BCUT2D eigenvalue weighted by Gasteiger charge is -2.02. The van der Waals surface area contributed by atoms with Gasteiger partial charge < -0.3 is 9.73 Å². The van der Waals surface area contributed by atoms with E-state index in [9.17, 15) is 4.79 Å². The number of carbonyl (C=O) groups is 1. The molecule has 0 unspecified atom stereocenters. The molecule has 1 aromatic heterocycles. The van der Waals surface area contributed by atoms with E-state index in [1.54, 1.807) is 54.6 Å². The van der Waals surface area contributed by atoms with Crippen molar-refractivity contribution >= 4 is 81.0 Å². The zero-order valence-electron chi connectivity index (χ0n) is 14.4. The van der Waals surface area contributed by atoms with Gasteiger partial charge in [0.05, 0.1) is 36.2 Å². The summed E-state index contributed by atoms with van der Waals surface area (Å²) in [4.78, 5) is 17.1. The predicted molar refractivity (Wildman–Crippen MR) is 121 cm³/mol. The first-order valence-electron chi connectivity index (χ1n) is 8.19. The Morgan fingerprint density at radius 1 is 0.931 bits per heavy atom. The van der Waals surface area contributed by atoms with Gasteiger partial charge in [-0.15, -0.1) is 0 Å². The number of rotatable bonds is 3. The van der Waals surface area contributed by atoms with Crippen LogP contribution in [-0.2, 0) is 4.79 Å². The summed E-state index contributed by atoms with van der Waals surface area (Å²) < 4.78 is 5.81. The molecule has 2 aromatic carbocycles. The van der Waals surface area contributed by atoms with Crippen LogP contribution in [-0.4, -0.2) is 11.1 Å². The van der Waals surface area contributed by atoms with Gasteiger partial charge in [0.25, 0.3) is 5.91 Å². The number of aliphatic imine (C=N–C) groups is 1. The number of hydrogen-bond acceptors (Lipinski definition) is 4. The Balaban J connectivity index is 1.58. The summed E-state index contributed by atoms with van der Waals surface area (Å²) in [6, 6.07) is 13.7. The summed E-state index contributed by atoms with van der Waals surface area (Å²) >= 11 is 25.5. The highest BCUT2D eigenvalue weighted by atomic mass is 35.5. The number of carbonyl (C=O) groups excluding carboxylic acids is 1. The predicted octanol–water partition coefficient (Wildman–Crippen LogP) is 7.45. The van der Waals surface area contributed by atoms with Crippen molar-refractivity contribution in [2.75, 3.05) is 0 Å². The number of hydrogen-bond donors (Lipinski definition) is 1. The van der Waals surface area contributed by atoms with Crippen LogP contribution in [0.2, 0.25) is 20.1 Å². The van der Waals surface area contributed by atoms with Gasteiger partial charge in [-0.3, -0.25) is 4.79 Å². The lowest BCUT2D eigenvalue weighted by molar-refractivity contribution is -0.115. The molecule has 4 rings (SSSR count). The van der Waals surface area contributed by atoms with E-state index in [4.69, 9.17) is 50.8 Å². The second-order valence-electron chi connectivity index (χ2n) is 5.88. The molecule has 0 radical (unpaired) electrons. The highest BCUT2D eigenvalue weighted by molar-refractivity contribution is 8.18. The Bertz CT molecular complexity index is 1170. The molecule has 0 saturated carbocycles.